The van der Waals surface area contributed by atoms with Crippen molar-refractivity contribution in [3.63, 3.8) is 0 Å². The Morgan fingerprint density at radius 1 is 0.618 bits per heavy atom. The van der Waals surface area contributed by atoms with E-state index in [2.05, 4.69) is 27.7 Å². The molecule has 0 atom stereocenters. The second-order valence-electron chi connectivity index (χ2n) is 9.88. The number of hydrogen-bond acceptors (Lipinski definition) is 3. The Hall–Kier alpha value is -0.440. The minimum absolute atomic E-state index is 0.178. The maximum atomic E-state index is 10.4. The highest BCUT2D eigenvalue weighted by molar-refractivity contribution is 7.85. The zero-order valence-electron chi connectivity index (χ0n) is 23.1. The fourth-order valence-corrected chi connectivity index (χ4v) is 8.15. The second kappa shape index (κ2) is 20.7. The van der Waals surface area contributed by atoms with Crippen molar-refractivity contribution >= 4 is 17.4 Å². The summed E-state index contributed by atoms with van der Waals surface area (Å²) in [5, 5.41) is 0. The average molecular weight is 515 g/mol. The van der Waals surface area contributed by atoms with Crippen LogP contribution in [0.25, 0.3) is 0 Å². The Kier molecular flexibility index (Phi) is 20.5. The lowest BCUT2D eigenvalue weighted by Crippen LogP contribution is -2.07. The number of hydrogen-bond donors (Lipinski definition) is 0. The van der Waals surface area contributed by atoms with Gasteiger partial charge in [-0.05, 0) is 52.7 Å². The first-order valence-electron chi connectivity index (χ1n) is 14.1. The minimum Gasteiger partial charge on any atom is -0.744 e. The summed E-state index contributed by atoms with van der Waals surface area (Å²) in [4.78, 5) is -0.178. The maximum absolute atomic E-state index is 10.4. The van der Waals surface area contributed by atoms with Gasteiger partial charge in [-0.3, -0.25) is 0 Å². The van der Waals surface area contributed by atoms with Gasteiger partial charge in [0.15, 0.2) is 0 Å². The summed E-state index contributed by atoms with van der Waals surface area (Å²) < 4.78 is 31.2. The Labute approximate surface area is 214 Å². The molecule has 34 heavy (non-hydrogen) atoms. The molecule has 0 spiro atoms. The number of benzene rings is 1. The first kappa shape index (κ1) is 33.6. The molecule has 3 nitrogen and oxygen atoms in total. The van der Waals surface area contributed by atoms with Crippen molar-refractivity contribution in [1.29, 1.82) is 0 Å². The number of aryl methyl sites for hydroxylation is 1. The molecule has 0 aromatic heterocycles. The van der Waals surface area contributed by atoms with E-state index < -0.39 is 17.4 Å². The third-order valence-corrected chi connectivity index (χ3v) is 13.4. The molecule has 1 aromatic carbocycles. The van der Waals surface area contributed by atoms with Gasteiger partial charge in [0, 0.05) is 7.26 Å². The van der Waals surface area contributed by atoms with Gasteiger partial charge >= 0.3 is 0 Å². The van der Waals surface area contributed by atoms with Crippen LogP contribution in [0, 0.1) is 6.92 Å². The van der Waals surface area contributed by atoms with Crippen LogP contribution in [0.15, 0.2) is 29.2 Å². The van der Waals surface area contributed by atoms with Crippen LogP contribution in [0.1, 0.15) is 123 Å². The zero-order valence-corrected chi connectivity index (χ0v) is 24.8. The molecule has 0 aliphatic rings. The van der Waals surface area contributed by atoms with Gasteiger partial charge in [-0.25, -0.2) is 8.42 Å². The van der Waals surface area contributed by atoms with Crippen LogP contribution in [0.4, 0.5) is 0 Å². The lowest BCUT2D eigenvalue weighted by atomic mass is 10.0. The molecule has 0 fully saturated rings. The van der Waals surface area contributed by atoms with Crippen molar-refractivity contribution in [2.45, 2.75) is 129 Å². The van der Waals surface area contributed by atoms with Crippen molar-refractivity contribution in [2.24, 2.45) is 0 Å². The second-order valence-corrected chi connectivity index (χ2v) is 16.3. The van der Waals surface area contributed by atoms with Crippen molar-refractivity contribution in [3.8, 4) is 0 Å². The van der Waals surface area contributed by atoms with Gasteiger partial charge in [-0.1, -0.05) is 102 Å². The van der Waals surface area contributed by atoms with Crippen molar-refractivity contribution in [1.82, 2.24) is 0 Å². The summed E-state index contributed by atoms with van der Waals surface area (Å²) in [7, 11) is -4.79. The molecule has 0 unspecified atom stereocenters. The van der Waals surface area contributed by atoms with Gasteiger partial charge in [0.2, 0.25) is 0 Å². The summed E-state index contributed by atoms with van der Waals surface area (Å²) in [6.45, 7) is 11.4. The molecule has 0 radical (unpaired) electrons. The van der Waals surface area contributed by atoms with Gasteiger partial charge in [0.05, 0.1) is 29.5 Å². The van der Waals surface area contributed by atoms with Gasteiger partial charge in [0.1, 0.15) is 10.1 Å². The molecule has 0 N–H and O–H groups in total. The number of rotatable bonds is 19. The SMILES string of the molecule is CCCCCCCCCCCCCCCC[P+](CC)(CC)CC.Cc1ccc(S(=O)(=O)[O-])cc1. The molecule has 0 heterocycles. The summed E-state index contributed by atoms with van der Waals surface area (Å²) in [5.41, 5.74) is 0.928. The third-order valence-electron chi connectivity index (χ3n) is 7.31. The molecule has 0 bridgehead atoms. The molecule has 0 saturated heterocycles. The lowest BCUT2D eigenvalue weighted by Gasteiger charge is -2.23. The van der Waals surface area contributed by atoms with Crippen molar-refractivity contribution in [2.75, 3.05) is 24.6 Å². The zero-order chi connectivity index (χ0) is 25.7. The molecule has 1 rings (SSSR count). The van der Waals surface area contributed by atoms with Crippen LogP contribution in [0.2, 0.25) is 0 Å². The quantitative estimate of drug-likeness (QED) is 0.105. The van der Waals surface area contributed by atoms with Gasteiger partial charge in [0.25, 0.3) is 0 Å². The predicted octanol–water partition coefficient (Wildman–Crippen LogP) is 9.44. The van der Waals surface area contributed by atoms with E-state index in [4.69, 9.17) is 0 Å². The Balaban J connectivity index is 0.000000818. The standard InChI is InChI=1S/C22H48P.C7H8O3S/c1-5-9-10-11-12-13-14-15-16-17-18-19-20-21-22-23(6-2,7-3)8-4;1-6-2-4-7(5-3-6)11(8,9)10/h5-22H2,1-4H3;2-5H,1H3,(H,8,9,10)/q+1;/p-1. The Morgan fingerprint density at radius 2 is 0.971 bits per heavy atom. The maximum Gasteiger partial charge on any atom is 0.124 e. The first-order valence-corrected chi connectivity index (χ1v) is 18.1. The van der Waals surface area contributed by atoms with Crippen LogP contribution >= 0.6 is 7.26 Å². The van der Waals surface area contributed by atoms with E-state index in [0.717, 1.165) is 5.56 Å². The predicted molar refractivity (Wildman–Crippen MR) is 153 cm³/mol. The Bertz CT molecular complexity index is 674. The van der Waals surface area contributed by atoms with Crippen LogP contribution in [0.3, 0.4) is 0 Å². The van der Waals surface area contributed by atoms with E-state index in [9.17, 15) is 13.0 Å². The molecular weight excluding hydrogens is 459 g/mol. The molecule has 200 valence electrons. The van der Waals surface area contributed by atoms with Crippen LogP contribution in [-0.4, -0.2) is 37.6 Å². The van der Waals surface area contributed by atoms with Crippen LogP contribution in [-0.2, 0) is 10.1 Å². The number of unbranched alkanes of at least 4 members (excludes halogenated alkanes) is 13. The minimum atomic E-state index is -4.27. The van der Waals surface area contributed by atoms with E-state index >= 15 is 0 Å². The van der Waals surface area contributed by atoms with Gasteiger partial charge in [-0.2, -0.15) is 0 Å². The van der Waals surface area contributed by atoms with E-state index in [1.807, 2.05) is 6.92 Å². The summed E-state index contributed by atoms with van der Waals surface area (Å²) >= 11 is 0. The average Bonchev–Trinajstić information content (AvgIpc) is 2.82. The summed E-state index contributed by atoms with van der Waals surface area (Å²) in [5.74, 6) is 0. The normalized spacial score (nSPS) is 11.8. The third kappa shape index (κ3) is 17.1. The van der Waals surface area contributed by atoms with Gasteiger partial charge < -0.3 is 4.55 Å². The molecular formula is C29H55O3PS. The molecule has 5 heteroatoms. The van der Waals surface area contributed by atoms with E-state index in [0.29, 0.717) is 0 Å². The molecule has 0 saturated carbocycles. The molecule has 0 aliphatic carbocycles. The van der Waals surface area contributed by atoms with E-state index in [1.165, 1.54) is 121 Å². The van der Waals surface area contributed by atoms with Crippen molar-refractivity contribution in [3.05, 3.63) is 29.8 Å². The highest BCUT2D eigenvalue weighted by atomic mass is 32.2. The molecule has 0 amide bonds. The topological polar surface area (TPSA) is 57.2 Å². The van der Waals surface area contributed by atoms with Crippen molar-refractivity contribution < 1.29 is 13.0 Å². The highest BCUT2D eigenvalue weighted by Gasteiger charge is 2.29. The fourth-order valence-electron chi connectivity index (χ4n) is 4.49. The van der Waals surface area contributed by atoms with Crippen LogP contribution in [0.5, 0.6) is 0 Å². The summed E-state index contributed by atoms with van der Waals surface area (Å²) in [6, 6.07) is 5.78. The summed E-state index contributed by atoms with van der Waals surface area (Å²) in [6.07, 6.45) is 26.7. The first-order chi connectivity index (χ1) is 16.2. The van der Waals surface area contributed by atoms with Crippen LogP contribution < -0.4 is 0 Å². The Morgan fingerprint density at radius 3 is 1.29 bits per heavy atom. The smallest absolute Gasteiger partial charge is 0.124 e. The lowest BCUT2D eigenvalue weighted by molar-refractivity contribution is 0.463. The van der Waals surface area contributed by atoms with E-state index in [1.54, 1.807) is 18.3 Å². The molecule has 1 aromatic rings. The van der Waals surface area contributed by atoms with E-state index in [-0.39, 0.29) is 4.90 Å². The van der Waals surface area contributed by atoms with Gasteiger partial charge in [-0.15, -0.1) is 0 Å². The highest BCUT2D eigenvalue weighted by Crippen LogP contribution is 2.58. The largest absolute Gasteiger partial charge is 0.744 e. The fraction of sp³-hybridized carbons (Fsp3) is 0.793. The monoisotopic (exact) mass is 514 g/mol. The molecule has 0 aliphatic heterocycles.